The molecule has 7 aromatic rings. The first-order valence-corrected chi connectivity index (χ1v) is 31.4. The van der Waals surface area contributed by atoms with E-state index in [2.05, 4.69) is 284 Å². The van der Waals surface area contributed by atoms with Gasteiger partial charge in [-0.1, -0.05) is 353 Å². The minimum atomic E-state index is 0.591. The molecule has 0 saturated carbocycles. The van der Waals surface area contributed by atoms with Crippen molar-refractivity contribution in [3.63, 3.8) is 0 Å². The number of fused-ring (bicyclic) bond motifs is 2. The van der Waals surface area contributed by atoms with Gasteiger partial charge in [-0.05, 0) is 136 Å². The highest BCUT2D eigenvalue weighted by Gasteiger charge is 2.09. The third-order valence-corrected chi connectivity index (χ3v) is 13.2. The smallest absolute Gasteiger partial charge is 0.0149 e. The molecule has 0 nitrogen and oxygen atoms in total. The third kappa shape index (κ3) is 28.3. The summed E-state index contributed by atoms with van der Waals surface area (Å²) in [5, 5.41) is 5.49. The van der Waals surface area contributed by atoms with E-state index in [1.165, 1.54) is 77.2 Å². The van der Waals surface area contributed by atoms with Crippen molar-refractivity contribution in [2.24, 2.45) is 0 Å². The van der Waals surface area contributed by atoms with Gasteiger partial charge in [0, 0.05) is 0 Å². The van der Waals surface area contributed by atoms with Crippen molar-refractivity contribution in [2.75, 3.05) is 0 Å². The molecule has 0 saturated heterocycles. The molecule has 7 aromatic carbocycles. The lowest BCUT2D eigenvalue weighted by atomic mass is 9.91. The molecule has 7 rings (SSSR count). The van der Waals surface area contributed by atoms with Crippen LogP contribution in [0.3, 0.4) is 0 Å². The summed E-state index contributed by atoms with van der Waals surface area (Å²) in [5.74, 6) is 6.26. The fraction of sp³-hybridized carbons (Fsp3) is 0.513. The zero-order chi connectivity index (χ0) is 60.8. The van der Waals surface area contributed by atoms with Gasteiger partial charge >= 0.3 is 0 Å². The fourth-order valence-corrected chi connectivity index (χ4v) is 8.30. The van der Waals surface area contributed by atoms with Crippen molar-refractivity contribution in [3.05, 3.63) is 201 Å². The van der Waals surface area contributed by atoms with Crippen LogP contribution in [0.15, 0.2) is 146 Å². The Kier molecular flexibility index (Phi) is 43.5. The lowest BCUT2D eigenvalue weighted by Crippen LogP contribution is -1.97. The molecule has 0 amide bonds. The molecule has 0 aliphatic heterocycles. The third-order valence-electron chi connectivity index (χ3n) is 13.2. The van der Waals surface area contributed by atoms with E-state index in [0.717, 1.165) is 0 Å². The van der Waals surface area contributed by atoms with Gasteiger partial charge in [0.25, 0.3) is 0 Å². The summed E-state index contributed by atoms with van der Waals surface area (Å²) in [6, 6.07) is 53.6. The first-order chi connectivity index (χ1) is 37.0. The Morgan fingerprint density at radius 1 is 0.179 bits per heavy atom. The fourth-order valence-electron chi connectivity index (χ4n) is 8.30. The predicted octanol–water partition coefficient (Wildman–Crippen LogP) is 27.1. The second kappa shape index (κ2) is 43.9. The molecule has 0 fully saturated rings. The highest BCUT2D eigenvalue weighted by molar-refractivity contribution is 5.87. The van der Waals surface area contributed by atoms with E-state index in [1.807, 2.05) is 69.2 Å². The van der Waals surface area contributed by atoms with E-state index in [4.69, 9.17) is 0 Å². The lowest BCUT2D eigenvalue weighted by molar-refractivity contribution is 0.790. The summed E-state index contributed by atoms with van der Waals surface area (Å²) >= 11 is 0. The zero-order valence-electron chi connectivity index (χ0n) is 56.6. The predicted molar refractivity (Wildman–Crippen MR) is 365 cm³/mol. The van der Waals surface area contributed by atoms with E-state index in [-0.39, 0.29) is 0 Å². The van der Waals surface area contributed by atoms with E-state index in [0.29, 0.717) is 59.2 Å². The molecule has 0 radical (unpaired) electrons. The average Bonchev–Trinajstić information content (AvgIpc) is 3.45. The maximum Gasteiger partial charge on any atom is -0.0149 e. The molecule has 436 valence electrons. The maximum absolute atomic E-state index is 2.33. The SMILES string of the molecule is CC.CC.CC.CC.CC.CC(C)c1ccc(C(C)C)cc1.CC(C)c1ccc2c(C(C)C)cccc2c1.CC(C)c1ccc2cc(C(C)C)ccc2c1.CC(C)c1cccc(C(C)C)c1.CC(C)c1ccccc1C(C)C. The van der Waals surface area contributed by atoms with Crippen LogP contribution in [0, 0.1) is 0 Å². The van der Waals surface area contributed by atoms with Gasteiger partial charge in [0.2, 0.25) is 0 Å². The molecule has 0 bridgehead atoms. The second-order valence-corrected chi connectivity index (χ2v) is 22.2. The Morgan fingerprint density at radius 3 is 0.718 bits per heavy atom. The van der Waals surface area contributed by atoms with Crippen molar-refractivity contribution in [1.82, 2.24) is 0 Å². The monoisotopic (exact) mass is 1060 g/mol. The van der Waals surface area contributed by atoms with Crippen LogP contribution >= 0.6 is 0 Å². The number of hydrogen-bond acceptors (Lipinski definition) is 0. The molecule has 78 heavy (non-hydrogen) atoms. The molecule has 0 aromatic heterocycles. The number of benzene rings is 7. The van der Waals surface area contributed by atoms with Gasteiger partial charge in [-0.3, -0.25) is 0 Å². The van der Waals surface area contributed by atoms with Gasteiger partial charge in [-0.25, -0.2) is 0 Å². The quantitative estimate of drug-likeness (QED) is 0.128. The Balaban J connectivity index is -0.000000870. The summed E-state index contributed by atoms with van der Waals surface area (Å²) in [6.45, 7) is 64.8. The molecular weight excluding hydrogens is 937 g/mol. The Morgan fingerprint density at radius 2 is 0.423 bits per heavy atom. The maximum atomic E-state index is 2.33. The molecule has 0 N–H and O–H groups in total. The molecule has 0 aliphatic rings. The van der Waals surface area contributed by atoms with E-state index < -0.39 is 0 Å². The molecule has 0 spiro atoms. The largest absolute Gasteiger partial charge is 0.0683 e. The van der Waals surface area contributed by atoms with Crippen LogP contribution in [0.1, 0.15) is 323 Å². The highest BCUT2D eigenvalue weighted by Crippen LogP contribution is 2.30. The van der Waals surface area contributed by atoms with Crippen LogP contribution in [0.2, 0.25) is 0 Å². The molecule has 0 atom stereocenters. The van der Waals surface area contributed by atoms with Crippen LogP contribution in [0.5, 0.6) is 0 Å². The summed E-state index contributed by atoms with van der Waals surface area (Å²) in [5.41, 5.74) is 14.5. The van der Waals surface area contributed by atoms with Gasteiger partial charge in [-0.15, -0.1) is 0 Å². The van der Waals surface area contributed by atoms with Crippen LogP contribution in [-0.4, -0.2) is 0 Å². The minimum absolute atomic E-state index is 0.591. The molecular formula is C78H124. The standard InChI is InChI=1S/2C16H20.3C12H18.5C2H6/c1-11(2)13-5-7-16-10-14(12(3)4)6-8-15(16)9-13;1-11(2)13-8-9-16-14(10-13)6-5-7-15(16)12(3)4;1-9(2)11-5-7-12(8-6-11)10(3)4;1-9(2)11-6-5-7-12(8-11)10(3)4;1-9(2)11-7-5-6-8-12(11)10(3)4;5*1-2/h2*5-12H,1-4H3;3*5-10H,1-4H3;5*1-2H3. The Labute approximate surface area is 487 Å². The van der Waals surface area contributed by atoms with Crippen molar-refractivity contribution in [1.29, 1.82) is 0 Å². The zero-order valence-corrected chi connectivity index (χ0v) is 56.6. The topological polar surface area (TPSA) is 0 Å². The summed E-state index contributed by atoms with van der Waals surface area (Å²) in [6.07, 6.45) is 0. The van der Waals surface area contributed by atoms with Crippen LogP contribution < -0.4 is 0 Å². The van der Waals surface area contributed by atoms with E-state index in [9.17, 15) is 0 Å². The Bertz CT molecular complexity index is 2390. The van der Waals surface area contributed by atoms with Crippen LogP contribution in [-0.2, 0) is 0 Å². The van der Waals surface area contributed by atoms with Gasteiger partial charge in [-0.2, -0.15) is 0 Å². The van der Waals surface area contributed by atoms with E-state index in [1.54, 1.807) is 0 Å². The van der Waals surface area contributed by atoms with Crippen molar-refractivity contribution in [2.45, 2.75) is 267 Å². The Hall–Kier alpha value is -4.94. The number of hydrogen-bond donors (Lipinski definition) is 0. The lowest BCUT2D eigenvalue weighted by Gasteiger charge is -2.14. The van der Waals surface area contributed by atoms with Crippen molar-refractivity contribution < 1.29 is 0 Å². The van der Waals surface area contributed by atoms with Crippen LogP contribution in [0.25, 0.3) is 21.5 Å². The van der Waals surface area contributed by atoms with Gasteiger partial charge in [0.1, 0.15) is 0 Å². The van der Waals surface area contributed by atoms with E-state index >= 15 is 0 Å². The summed E-state index contributed by atoms with van der Waals surface area (Å²) in [4.78, 5) is 0. The highest BCUT2D eigenvalue weighted by atomic mass is 14.1. The first-order valence-electron chi connectivity index (χ1n) is 31.4. The molecule has 0 heterocycles. The normalized spacial score (nSPS) is 10.3. The van der Waals surface area contributed by atoms with Gasteiger partial charge < -0.3 is 0 Å². The molecule has 0 heteroatoms. The molecule has 0 aliphatic carbocycles. The van der Waals surface area contributed by atoms with Crippen LogP contribution in [0.4, 0.5) is 0 Å². The van der Waals surface area contributed by atoms with Crippen molar-refractivity contribution in [3.8, 4) is 0 Å². The average molecular weight is 1060 g/mol. The first kappa shape index (κ1) is 77.3. The van der Waals surface area contributed by atoms with Gasteiger partial charge in [0.15, 0.2) is 0 Å². The summed E-state index contributed by atoms with van der Waals surface area (Å²) in [7, 11) is 0. The summed E-state index contributed by atoms with van der Waals surface area (Å²) < 4.78 is 0. The number of rotatable bonds is 10. The second-order valence-electron chi connectivity index (χ2n) is 22.2. The minimum Gasteiger partial charge on any atom is -0.0683 e. The van der Waals surface area contributed by atoms with Crippen molar-refractivity contribution >= 4 is 21.5 Å². The van der Waals surface area contributed by atoms with Gasteiger partial charge in [0.05, 0.1) is 0 Å². The molecule has 0 unspecified atom stereocenters.